The highest BCUT2D eigenvalue weighted by Crippen LogP contribution is 2.27. The van der Waals surface area contributed by atoms with Crippen LogP contribution in [-0.4, -0.2) is 37.6 Å². The van der Waals surface area contributed by atoms with E-state index in [0.29, 0.717) is 4.90 Å². The first-order valence-electron chi connectivity index (χ1n) is 2.78. The van der Waals surface area contributed by atoms with Gasteiger partial charge in [-0.25, -0.2) is 8.78 Å². The molecule has 1 nitrogen and oxygen atoms in total. The SMILES string of the molecule is CN(C)C(F)C(F)C(F)(F)F. The summed E-state index contributed by atoms with van der Waals surface area (Å²) in [6.45, 7) is 0. The van der Waals surface area contributed by atoms with Gasteiger partial charge >= 0.3 is 6.18 Å². The predicted octanol–water partition coefficient (Wildman–Crippen LogP) is 1.74. The summed E-state index contributed by atoms with van der Waals surface area (Å²) in [5.41, 5.74) is 0. The molecule has 0 spiro atoms. The lowest BCUT2D eigenvalue weighted by atomic mass is 10.3. The highest BCUT2D eigenvalue weighted by molar-refractivity contribution is 4.72. The molecule has 0 N–H and O–H groups in total. The number of alkyl halides is 5. The molecular formula is C5H8F5N. The number of hydrogen-bond acceptors (Lipinski definition) is 1. The van der Waals surface area contributed by atoms with Gasteiger partial charge in [-0.15, -0.1) is 0 Å². The van der Waals surface area contributed by atoms with E-state index in [1.807, 2.05) is 0 Å². The third-order valence-electron chi connectivity index (χ3n) is 1.05. The fourth-order valence-corrected chi connectivity index (χ4v) is 0.418. The van der Waals surface area contributed by atoms with Crippen LogP contribution in [0.5, 0.6) is 0 Å². The van der Waals surface area contributed by atoms with Crippen LogP contribution in [0.1, 0.15) is 0 Å². The van der Waals surface area contributed by atoms with E-state index in [-0.39, 0.29) is 0 Å². The molecule has 68 valence electrons. The van der Waals surface area contributed by atoms with E-state index >= 15 is 0 Å². The highest BCUT2D eigenvalue weighted by Gasteiger charge is 2.46. The lowest BCUT2D eigenvalue weighted by Gasteiger charge is -2.21. The molecule has 0 amide bonds. The fraction of sp³-hybridized carbons (Fsp3) is 1.00. The number of hydrogen-bond donors (Lipinski definition) is 0. The first-order valence-corrected chi connectivity index (χ1v) is 2.78. The van der Waals surface area contributed by atoms with E-state index < -0.39 is 18.6 Å². The molecule has 0 aliphatic heterocycles. The van der Waals surface area contributed by atoms with Crippen molar-refractivity contribution < 1.29 is 22.0 Å². The van der Waals surface area contributed by atoms with Crippen molar-refractivity contribution in [2.45, 2.75) is 18.6 Å². The van der Waals surface area contributed by atoms with Gasteiger partial charge in [0.2, 0.25) is 6.17 Å². The minimum atomic E-state index is -5.12. The van der Waals surface area contributed by atoms with Crippen molar-refractivity contribution in [3.63, 3.8) is 0 Å². The molecule has 11 heavy (non-hydrogen) atoms. The second kappa shape index (κ2) is 3.34. The zero-order chi connectivity index (χ0) is 9.23. The summed E-state index contributed by atoms with van der Waals surface area (Å²) < 4.78 is 58.5. The van der Waals surface area contributed by atoms with Crippen LogP contribution in [0.3, 0.4) is 0 Å². The number of halogens is 5. The van der Waals surface area contributed by atoms with E-state index in [2.05, 4.69) is 0 Å². The first-order chi connectivity index (χ1) is 4.76. The fourth-order valence-electron chi connectivity index (χ4n) is 0.418. The third kappa shape index (κ3) is 3.00. The average molecular weight is 177 g/mol. The summed E-state index contributed by atoms with van der Waals surface area (Å²) in [5, 5.41) is 0. The molecule has 6 heteroatoms. The van der Waals surface area contributed by atoms with Crippen molar-refractivity contribution in [1.82, 2.24) is 4.90 Å². The molecule has 0 aromatic carbocycles. The Bertz CT molecular complexity index is 121. The quantitative estimate of drug-likeness (QED) is 0.458. The summed E-state index contributed by atoms with van der Waals surface area (Å²) in [6, 6.07) is 0. The van der Waals surface area contributed by atoms with E-state index in [1.165, 1.54) is 0 Å². The molecule has 0 rings (SSSR count). The summed E-state index contributed by atoms with van der Waals surface area (Å²) in [6.07, 6.45) is -11.2. The Labute approximate surface area is 60.8 Å². The Morgan fingerprint density at radius 2 is 1.45 bits per heavy atom. The van der Waals surface area contributed by atoms with Crippen molar-refractivity contribution >= 4 is 0 Å². The summed E-state index contributed by atoms with van der Waals surface area (Å²) in [5.74, 6) is 0. The van der Waals surface area contributed by atoms with Gasteiger partial charge in [0, 0.05) is 0 Å². The summed E-state index contributed by atoms with van der Waals surface area (Å²) >= 11 is 0. The van der Waals surface area contributed by atoms with Gasteiger partial charge in [-0.1, -0.05) is 0 Å². The zero-order valence-corrected chi connectivity index (χ0v) is 5.99. The Morgan fingerprint density at radius 3 is 1.55 bits per heavy atom. The van der Waals surface area contributed by atoms with E-state index in [9.17, 15) is 22.0 Å². The van der Waals surface area contributed by atoms with Gasteiger partial charge in [-0.05, 0) is 14.1 Å². The van der Waals surface area contributed by atoms with Gasteiger partial charge in [0.15, 0.2) is 6.30 Å². The van der Waals surface area contributed by atoms with Crippen LogP contribution in [0.15, 0.2) is 0 Å². The Kier molecular flexibility index (Phi) is 3.22. The number of nitrogens with zero attached hydrogens (tertiary/aromatic N) is 1. The Hall–Kier alpha value is -0.390. The monoisotopic (exact) mass is 177 g/mol. The highest BCUT2D eigenvalue weighted by atomic mass is 19.4. The minimum Gasteiger partial charge on any atom is -0.277 e. The van der Waals surface area contributed by atoms with Gasteiger partial charge in [-0.2, -0.15) is 13.2 Å². The Balaban J connectivity index is 4.13. The van der Waals surface area contributed by atoms with Crippen molar-refractivity contribution in [3.05, 3.63) is 0 Å². The van der Waals surface area contributed by atoms with Crippen molar-refractivity contribution in [3.8, 4) is 0 Å². The lowest BCUT2D eigenvalue weighted by Crippen LogP contribution is -2.41. The molecule has 0 aliphatic carbocycles. The van der Waals surface area contributed by atoms with E-state index in [4.69, 9.17) is 0 Å². The topological polar surface area (TPSA) is 3.24 Å². The molecule has 0 aromatic heterocycles. The van der Waals surface area contributed by atoms with E-state index in [1.54, 1.807) is 0 Å². The van der Waals surface area contributed by atoms with Crippen LogP contribution in [-0.2, 0) is 0 Å². The van der Waals surface area contributed by atoms with Gasteiger partial charge < -0.3 is 0 Å². The molecule has 0 bridgehead atoms. The van der Waals surface area contributed by atoms with Crippen LogP contribution in [0.2, 0.25) is 0 Å². The average Bonchev–Trinajstić information content (AvgIpc) is 1.82. The van der Waals surface area contributed by atoms with Gasteiger partial charge in [-0.3, -0.25) is 4.90 Å². The van der Waals surface area contributed by atoms with Crippen LogP contribution in [0.25, 0.3) is 0 Å². The molecule has 0 heterocycles. The molecule has 0 aliphatic rings. The molecule has 0 aromatic rings. The molecule has 0 fully saturated rings. The minimum absolute atomic E-state index is 0.526. The molecular weight excluding hydrogens is 169 g/mol. The van der Waals surface area contributed by atoms with Crippen LogP contribution in [0.4, 0.5) is 22.0 Å². The second-order valence-corrected chi connectivity index (χ2v) is 2.28. The first kappa shape index (κ1) is 10.6. The third-order valence-corrected chi connectivity index (χ3v) is 1.05. The van der Waals surface area contributed by atoms with Crippen molar-refractivity contribution in [2.75, 3.05) is 14.1 Å². The summed E-state index contributed by atoms with van der Waals surface area (Å²) in [7, 11) is 2.06. The molecule has 0 saturated carbocycles. The maximum Gasteiger partial charge on any atom is 0.423 e. The van der Waals surface area contributed by atoms with E-state index in [0.717, 1.165) is 14.1 Å². The molecule has 2 unspecified atom stereocenters. The van der Waals surface area contributed by atoms with Crippen molar-refractivity contribution in [1.29, 1.82) is 0 Å². The van der Waals surface area contributed by atoms with Crippen LogP contribution in [0, 0.1) is 0 Å². The summed E-state index contributed by atoms with van der Waals surface area (Å²) in [4.78, 5) is 0.526. The maximum absolute atomic E-state index is 12.2. The van der Waals surface area contributed by atoms with Gasteiger partial charge in [0.25, 0.3) is 0 Å². The molecule has 0 radical (unpaired) electrons. The van der Waals surface area contributed by atoms with Gasteiger partial charge in [0.1, 0.15) is 0 Å². The zero-order valence-electron chi connectivity index (χ0n) is 5.99. The molecule has 2 atom stereocenters. The predicted molar refractivity (Wildman–Crippen MR) is 29.5 cm³/mol. The standard InChI is InChI=1S/C5H8F5N/c1-11(2)4(7)3(6)5(8,9)10/h3-4H,1-2H3. The number of rotatable bonds is 2. The van der Waals surface area contributed by atoms with Crippen LogP contribution >= 0.6 is 0 Å². The smallest absolute Gasteiger partial charge is 0.277 e. The normalized spacial score (nSPS) is 18.5. The van der Waals surface area contributed by atoms with Crippen LogP contribution < -0.4 is 0 Å². The second-order valence-electron chi connectivity index (χ2n) is 2.28. The maximum atomic E-state index is 12.2. The van der Waals surface area contributed by atoms with Gasteiger partial charge in [0.05, 0.1) is 0 Å². The Morgan fingerprint density at radius 1 is 1.09 bits per heavy atom. The van der Waals surface area contributed by atoms with Crippen molar-refractivity contribution in [2.24, 2.45) is 0 Å². The largest absolute Gasteiger partial charge is 0.423 e. The molecule has 0 saturated heterocycles. The lowest BCUT2D eigenvalue weighted by molar-refractivity contribution is -0.210.